The largest absolute Gasteiger partial charge is 0.303 e. The molecule has 4 fully saturated rings. The summed E-state index contributed by atoms with van der Waals surface area (Å²) in [6.45, 7) is 19.1. The summed E-state index contributed by atoms with van der Waals surface area (Å²) in [6, 6.07) is 1.62. The fourth-order valence-electron chi connectivity index (χ4n) is 6.29. The summed E-state index contributed by atoms with van der Waals surface area (Å²) >= 11 is 0. The molecule has 0 aromatic carbocycles. The van der Waals surface area contributed by atoms with Gasteiger partial charge in [-0.05, 0) is 102 Å². The van der Waals surface area contributed by atoms with E-state index in [1.165, 1.54) is 90.8 Å². The maximum Gasteiger partial charge on any atom is 0.0120 e. The van der Waals surface area contributed by atoms with Gasteiger partial charge in [-0.2, -0.15) is 0 Å². The van der Waals surface area contributed by atoms with Crippen molar-refractivity contribution in [2.24, 2.45) is 16.7 Å². The van der Waals surface area contributed by atoms with Crippen LogP contribution in [0.5, 0.6) is 0 Å². The molecule has 0 aromatic rings. The molecule has 0 unspecified atom stereocenters. The van der Waals surface area contributed by atoms with Crippen LogP contribution in [0.15, 0.2) is 0 Å². The van der Waals surface area contributed by atoms with Crippen LogP contribution in [-0.2, 0) is 0 Å². The van der Waals surface area contributed by atoms with Crippen molar-refractivity contribution in [3.8, 4) is 0 Å². The minimum atomic E-state index is 0.692. The average molecular weight is 362 g/mol. The van der Waals surface area contributed by atoms with Gasteiger partial charge >= 0.3 is 0 Å². The van der Waals surface area contributed by atoms with E-state index in [0.717, 1.165) is 18.0 Å². The molecule has 3 saturated heterocycles. The normalized spacial score (nSPS) is 30.2. The molecule has 1 saturated carbocycles. The summed E-state index contributed by atoms with van der Waals surface area (Å²) in [5.41, 5.74) is 1.41. The molecular formula is C23H43N3. The smallest absolute Gasteiger partial charge is 0.0120 e. The second kappa shape index (κ2) is 7.37. The van der Waals surface area contributed by atoms with Crippen LogP contribution in [0.25, 0.3) is 0 Å². The van der Waals surface area contributed by atoms with E-state index >= 15 is 0 Å². The molecule has 0 aromatic heterocycles. The van der Waals surface area contributed by atoms with Gasteiger partial charge in [0.2, 0.25) is 0 Å². The van der Waals surface area contributed by atoms with Crippen molar-refractivity contribution in [2.45, 2.75) is 84.7 Å². The van der Waals surface area contributed by atoms with E-state index in [1.54, 1.807) is 0 Å². The highest BCUT2D eigenvalue weighted by Gasteiger charge is 2.48. The molecule has 26 heavy (non-hydrogen) atoms. The first-order chi connectivity index (χ1) is 12.4. The number of hydrogen-bond donors (Lipinski definition) is 0. The lowest BCUT2D eigenvalue weighted by molar-refractivity contribution is -0.0839. The molecule has 3 heteroatoms. The fourth-order valence-corrected chi connectivity index (χ4v) is 6.29. The number of rotatable bonds is 6. The minimum absolute atomic E-state index is 0.692. The molecule has 0 bridgehead atoms. The Balaban J connectivity index is 1.18. The van der Waals surface area contributed by atoms with Crippen molar-refractivity contribution < 1.29 is 0 Å². The van der Waals surface area contributed by atoms with Crippen molar-refractivity contribution in [3.05, 3.63) is 0 Å². The highest BCUT2D eigenvalue weighted by atomic mass is 15.3. The van der Waals surface area contributed by atoms with Crippen LogP contribution in [0.3, 0.4) is 0 Å². The molecule has 3 heterocycles. The van der Waals surface area contributed by atoms with Gasteiger partial charge in [0.25, 0.3) is 0 Å². The fraction of sp³-hybridized carbons (Fsp3) is 1.00. The monoisotopic (exact) mass is 361 g/mol. The SMILES string of the molecule is CC(C)CC1(CN2CCC(N3CC4(CCN(C(C)C)CC4)C3)CC2)CC1. The van der Waals surface area contributed by atoms with E-state index in [-0.39, 0.29) is 0 Å². The van der Waals surface area contributed by atoms with Crippen LogP contribution in [0, 0.1) is 16.7 Å². The molecule has 3 nitrogen and oxygen atoms in total. The van der Waals surface area contributed by atoms with Crippen LogP contribution in [-0.4, -0.2) is 72.6 Å². The highest BCUT2D eigenvalue weighted by Crippen LogP contribution is 2.51. The van der Waals surface area contributed by atoms with Gasteiger partial charge in [-0.3, -0.25) is 4.90 Å². The van der Waals surface area contributed by atoms with Gasteiger partial charge in [-0.25, -0.2) is 0 Å². The average Bonchev–Trinajstić information content (AvgIpc) is 3.31. The Labute approximate surface area is 162 Å². The third kappa shape index (κ3) is 4.15. The molecule has 4 aliphatic rings. The third-order valence-electron chi connectivity index (χ3n) is 8.10. The van der Waals surface area contributed by atoms with Crippen molar-refractivity contribution in [3.63, 3.8) is 0 Å². The molecule has 1 spiro atoms. The van der Waals surface area contributed by atoms with Gasteiger partial charge in [0.05, 0.1) is 0 Å². The predicted octanol–water partition coefficient (Wildman–Crippen LogP) is 4.08. The maximum absolute atomic E-state index is 2.85. The third-order valence-corrected chi connectivity index (χ3v) is 8.10. The zero-order chi connectivity index (χ0) is 18.4. The number of likely N-dealkylation sites (tertiary alicyclic amines) is 3. The van der Waals surface area contributed by atoms with Gasteiger partial charge in [0, 0.05) is 31.7 Å². The molecule has 0 amide bonds. The lowest BCUT2D eigenvalue weighted by Gasteiger charge is -2.58. The van der Waals surface area contributed by atoms with Crippen molar-refractivity contribution in [2.75, 3.05) is 45.8 Å². The Morgan fingerprint density at radius 3 is 1.96 bits per heavy atom. The molecule has 0 radical (unpaired) electrons. The molecule has 1 aliphatic carbocycles. The standard InChI is InChI=1S/C23H43N3/c1-19(2)15-22(7-8-22)16-24-11-5-21(6-12-24)26-17-23(18-26)9-13-25(14-10-23)20(3)4/h19-21H,5-18H2,1-4H3. The molecule has 4 rings (SSSR count). The van der Waals surface area contributed by atoms with Gasteiger partial charge in [-0.1, -0.05) is 13.8 Å². The zero-order valence-electron chi connectivity index (χ0n) is 18.0. The Kier molecular flexibility index (Phi) is 5.44. The first-order valence-corrected chi connectivity index (χ1v) is 11.6. The maximum atomic E-state index is 2.85. The summed E-state index contributed by atoms with van der Waals surface area (Å²) in [6.07, 6.45) is 10.2. The highest BCUT2D eigenvalue weighted by molar-refractivity contribution is 5.02. The number of nitrogens with zero attached hydrogens (tertiary/aromatic N) is 3. The Bertz CT molecular complexity index is 458. The summed E-state index contributed by atoms with van der Waals surface area (Å²) in [5.74, 6) is 0.870. The van der Waals surface area contributed by atoms with Crippen LogP contribution in [0.2, 0.25) is 0 Å². The van der Waals surface area contributed by atoms with Gasteiger partial charge in [-0.15, -0.1) is 0 Å². The molecule has 3 aliphatic heterocycles. The van der Waals surface area contributed by atoms with Crippen LogP contribution >= 0.6 is 0 Å². The lowest BCUT2D eigenvalue weighted by atomic mass is 9.70. The predicted molar refractivity (Wildman–Crippen MR) is 111 cm³/mol. The first kappa shape index (κ1) is 19.2. The Hall–Kier alpha value is -0.120. The Morgan fingerprint density at radius 1 is 0.846 bits per heavy atom. The lowest BCUT2D eigenvalue weighted by Crippen LogP contribution is -2.64. The van der Waals surface area contributed by atoms with Crippen molar-refractivity contribution in [1.82, 2.24) is 14.7 Å². The summed E-state index contributed by atoms with van der Waals surface area (Å²) in [4.78, 5) is 8.34. The van der Waals surface area contributed by atoms with E-state index in [0.29, 0.717) is 10.8 Å². The van der Waals surface area contributed by atoms with Gasteiger partial charge < -0.3 is 9.80 Å². The summed E-state index contributed by atoms with van der Waals surface area (Å²) < 4.78 is 0. The first-order valence-electron chi connectivity index (χ1n) is 11.6. The van der Waals surface area contributed by atoms with E-state index in [2.05, 4.69) is 42.4 Å². The van der Waals surface area contributed by atoms with Crippen molar-refractivity contribution in [1.29, 1.82) is 0 Å². The molecule has 0 atom stereocenters. The van der Waals surface area contributed by atoms with Crippen LogP contribution in [0.4, 0.5) is 0 Å². The molecule has 150 valence electrons. The van der Waals surface area contributed by atoms with Gasteiger partial charge in [0.15, 0.2) is 0 Å². The van der Waals surface area contributed by atoms with Crippen LogP contribution < -0.4 is 0 Å². The van der Waals surface area contributed by atoms with E-state index in [4.69, 9.17) is 0 Å². The second-order valence-electron chi connectivity index (χ2n) is 11.1. The summed E-state index contributed by atoms with van der Waals surface area (Å²) in [7, 11) is 0. The summed E-state index contributed by atoms with van der Waals surface area (Å²) in [5, 5.41) is 0. The quantitative estimate of drug-likeness (QED) is 0.706. The van der Waals surface area contributed by atoms with E-state index in [1.807, 2.05) is 0 Å². The van der Waals surface area contributed by atoms with Gasteiger partial charge in [0.1, 0.15) is 0 Å². The number of piperidine rings is 2. The topological polar surface area (TPSA) is 9.72 Å². The van der Waals surface area contributed by atoms with E-state index in [9.17, 15) is 0 Å². The Morgan fingerprint density at radius 2 is 1.46 bits per heavy atom. The molecular weight excluding hydrogens is 318 g/mol. The molecule has 0 N–H and O–H groups in total. The minimum Gasteiger partial charge on any atom is -0.303 e. The van der Waals surface area contributed by atoms with E-state index < -0.39 is 0 Å². The number of hydrogen-bond acceptors (Lipinski definition) is 3. The zero-order valence-corrected chi connectivity index (χ0v) is 18.0. The van der Waals surface area contributed by atoms with Crippen LogP contribution in [0.1, 0.15) is 72.6 Å². The van der Waals surface area contributed by atoms with Crippen molar-refractivity contribution >= 4 is 0 Å². The second-order valence-corrected chi connectivity index (χ2v) is 11.1.